The molecule has 1 saturated heterocycles. The summed E-state index contributed by atoms with van der Waals surface area (Å²) in [5, 5.41) is 3.86. The van der Waals surface area contributed by atoms with Gasteiger partial charge in [0.05, 0.1) is 22.3 Å². The third-order valence-electron chi connectivity index (χ3n) is 4.95. The molecule has 2 aromatic carbocycles. The van der Waals surface area contributed by atoms with Gasteiger partial charge in [0.2, 0.25) is 12.7 Å². The summed E-state index contributed by atoms with van der Waals surface area (Å²) < 4.78 is 10.8. The Morgan fingerprint density at radius 3 is 2.31 bits per heavy atom. The van der Waals surface area contributed by atoms with Crippen LogP contribution in [0.15, 0.2) is 30.3 Å². The highest BCUT2D eigenvalue weighted by atomic mass is 35.5. The van der Waals surface area contributed by atoms with Crippen molar-refractivity contribution in [2.45, 2.75) is 6.54 Å². The number of nitrogens with zero attached hydrogens (tertiary/aromatic N) is 2. The van der Waals surface area contributed by atoms with E-state index in [-0.39, 0.29) is 19.2 Å². The molecule has 0 unspecified atom stereocenters. The number of hydrogen-bond acceptors (Lipinski definition) is 5. The summed E-state index contributed by atoms with van der Waals surface area (Å²) in [6.45, 7) is 4.78. The fourth-order valence-corrected chi connectivity index (χ4v) is 4.36. The molecule has 2 heterocycles. The Morgan fingerprint density at radius 1 is 0.931 bits per heavy atom. The average molecular weight is 457 g/mol. The SMILES string of the molecule is O=C(CN1CCN(Cc2ccc3c(c2)OCO3)CC1)Nc1c(Cl)cc(Cl)cc1Cl. The van der Waals surface area contributed by atoms with Gasteiger partial charge in [-0.1, -0.05) is 40.9 Å². The molecule has 0 aromatic heterocycles. The van der Waals surface area contributed by atoms with Crippen molar-refractivity contribution >= 4 is 46.4 Å². The molecule has 0 radical (unpaired) electrons. The van der Waals surface area contributed by atoms with Crippen LogP contribution in [0.2, 0.25) is 15.1 Å². The molecule has 0 bridgehead atoms. The van der Waals surface area contributed by atoms with E-state index in [9.17, 15) is 4.79 Å². The van der Waals surface area contributed by atoms with Crippen molar-refractivity contribution < 1.29 is 14.3 Å². The molecule has 0 saturated carbocycles. The Labute approximate surface area is 184 Å². The van der Waals surface area contributed by atoms with Crippen LogP contribution >= 0.6 is 34.8 Å². The summed E-state index contributed by atoms with van der Waals surface area (Å²) in [6, 6.07) is 9.15. The van der Waals surface area contributed by atoms with Gasteiger partial charge in [-0.15, -0.1) is 0 Å². The average Bonchev–Trinajstić information content (AvgIpc) is 3.14. The van der Waals surface area contributed by atoms with E-state index >= 15 is 0 Å². The van der Waals surface area contributed by atoms with E-state index in [2.05, 4.69) is 21.2 Å². The molecule has 9 heteroatoms. The number of benzene rings is 2. The van der Waals surface area contributed by atoms with E-state index in [1.54, 1.807) is 12.1 Å². The van der Waals surface area contributed by atoms with Gasteiger partial charge in [0.25, 0.3) is 0 Å². The fourth-order valence-electron chi connectivity index (χ4n) is 3.45. The Balaban J connectivity index is 1.26. The maximum Gasteiger partial charge on any atom is 0.238 e. The second-order valence-electron chi connectivity index (χ2n) is 7.03. The largest absolute Gasteiger partial charge is 0.454 e. The molecule has 2 aliphatic rings. The monoisotopic (exact) mass is 455 g/mol. The van der Waals surface area contributed by atoms with Crippen LogP contribution in [0.1, 0.15) is 5.56 Å². The normalized spacial score (nSPS) is 16.8. The number of anilines is 1. The molecule has 29 heavy (non-hydrogen) atoms. The summed E-state index contributed by atoms with van der Waals surface area (Å²) in [4.78, 5) is 16.9. The van der Waals surface area contributed by atoms with Crippen LogP contribution in [0.4, 0.5) is 5.69 Å². The number of nitrogens with one attached hydrogen (secondary N) is 1. The van der Waals surface area contributed by atoms with Gasteiger partial charge in [0, 0.05) is 37.7 Å². The molecule has 6 nitrogen and oxygen atoms in total. The Morgan fingerprint density at radius 2 is 1.59 bits per heavy atom. The van der Waals surface area contributed by atoms with Crippen LogP contribution in [0.3, 0.4) is 0 Å². The number of amides is 1. The van der Waals surface area contributed by atoms with Gasteiger partial charge >= 0.3 is 0 Å². The van der Waals surface area contributed by atoms with Crippen molar-refractivity contribution in [3.63, 3.8) is 0 Å². The highest BCUT2D eigenvalue weighted by Gasteiger charge is 2.21. The predicted molar refractivity (Wildman–Crippen MR) is 114 cm³/mol. The number of rotatable bonds is 5. The quantitative estimate of drug-likeness (QED) is 0.733. The molecule has 2 aliphatic heterocycles. The van der Waals surface area contributed by atoms with E-state index in [1.807, 2.05) is 12.1 Å². The molecule has 0 atom stereocenters. The third kappa shape index (κ3) is 5.08. The van der Waals surface area contributed by atoms with Gasteiger partial charge in [0.15, 0.2) is 11.5 Å². The Kier molecular flexibility index (Phi) is 6.37. The summed E-state index contributed by atoms with van der Waals surface area (Å²) in [5.74, 6) is 1.45. The minimum atomic E-state index is -0.152. The molecule has 0 spiro atoms. The van der Waals surface area contributed by atoms with Crippen molar-refractivity contribution in [2.24, 2.45) is 0 Å². The lowest BCUT2D eigenvalue weighted by Gasteiger charge is -2.34. The first-order chi connectivity index (χ1) is 14.0. The van der Waals surface area contributed by atoms with Gasteiger partial charge < -0.3 is 14.8 Å². The van der Waals surface area contributed by atoms with Gasteiger partial charge in [0.1, 0.15) is 0 Å². The van der Waals surface area contributed by atoms with E-state index < -0.39 is 0 Å². The second-order valence-corrected chi connectivity index (χ2v) is 8.28. The summed E-state index contributed by atoms with van der Waals surface area (Å²) in [7, 11) is 0. The van der Waals surface area contributed by atoms with Crippen LogP contribution < -0.4 is 14.8 Å². The molecule has 2 aromatic rings. The standard InChI is InChI=1S/C20H20Cl3N3O3/c21-14-8-15(22)20(16(23)9-14)24-19(27)11-26-5-3-25(4-6-26)10-13-1-2-17-18(7-13)29-12-28-17/h1-2,7-9H,3-6,10-12H2,(H,24,27). The van der Waals surface area contributed by atoms with Crippen molar-refractivity contribution in [3.8, 4) is 11.5 Å². The smallest absolute Gasteiger partial charge is 0.238 e. The van der Waals surface area contributed by atoms with Gasteiger partial charge in [-0.05, 0) is 29.8 Å². The number of ether oxygens (including phenoxy) is 2. The lowest BCUT2D eigenvalue weighted by atomic mass is 10.1. The number of piperazine rings is 1. The van der Waals surface area contributed by atoms with E-state index in [1.165, 1.54) is 5.56 Å². The molecular weight excluding hydrogens is 437 g/mol. The summed E-state index contributed by atoms with van der Waals surface area (Å²) in [5.41, 5.74) is 1.58. The third-order valence-corrected chi connectivity index (χ3v) is 5.76. The van der Waals surface area contributed by atoms with Crippen LogP contribution in [-0.4, -0.2) is 55.2 Å². The Hall–Kier alpha value is -1.70. The zero-order chi connectivity index (χ0) is 20.4. The number of halogens is 3. The predicted octanol–water partition coefficient (Wildman–Crippen LogP) is 4.13. The van der Waals surface area contributed by atoms with E-state index in [0.29, 0.717) is 20.8 Å². The van der Waals surface area contributed by atoms with Gasteiger partial charge in [-0.25, -0.2) is 0 Å². The topological polar surface area (TPSA) is 54.0 Å². The number of carbonyl (C=O) groups is 1. The molecule has 0 aliphatic carbocycles. The van der Waals surface area contributed by atoms with Crippen molar-refractivity contribution in [3.05, 3.63) is 51.0 Å². The van der Waals surface area contributed by atoms with Crippen molar-refractivity contribution in [1.82, 2.24) is 9.80 Å². The van der Waals surface area contributed by atoms with Gasteiger partial charge in [-0.2, -0.15) is 0 Å². The van der Waals surface area contributed by atoms with Crippen LogP contribution in [0.5, 0.6) is 11.5 Å². The molecular formula is C20H20Cl3N3O3. The maximum atomic E-state index is 12.4. The number of carbonyl (C=O) groups excluding carboxylic acids is 1. The molecule has 4 rings (SSSR count). The lowest BCUT2D eigenvalue weighted by Crippen LogP contribution is -2.48. The second kappa shape index (κ2) is 8.98. The molecule has 1 amide bonds. The Bertz CT molecular complexity index is 894. The van der Waals surface area contributed by atoms with Crippen molar-refractivity contribution in [1.29, 1.82) is 0 Å². The fraction of sp³-hybridized carbons (Fsp3) is 0.350. The van der Waals surface area contributed by atoms with Crippen LogP contribution in [0.25, 0.3) is 0 Å². The summed E-state index contributed by atoms with van der Waals surface area (Å²) in [6.07, 6.45) is 0. The van der Waals surface area contributed by atoms with Crippen molar-refractivity contribution in [2.75, 3.05) is 44.8 Å². The first-order valence-electron chi connectivity index (χ1n) is 9.25. The van der Waals surface area contributed by atoms with E-state index in [4.69, 9.17) is 44.3 Å². The number of hydrogen-bond donors (Lipinski definition) is 1. The molecule has 154 valence electrons. The van der Waals surface area contributed by atoms with Gasteiger partial charge in [-0.3, -0.25) is 14.6 Å². The highest BCUT2D eigenvalue weighted by Crippen LogP contribution is 2.34. The zero-order valence-electron chi connectivity index (χ0n) is 15.6. The van der Waals surface area contributed by atoms with Crippen LogP contribution in [-0.2, 0) is 11.3 Å². The first-order valence-corrected chi connectivity index (χ1v) is 10.4. The first kappa shape index (κ1) is 20.6. The number of fused-ring (bicyclic) bond motifs is 1. The van der Waals surface area contributed by atoms with E-state index in [0.717, 1.165) is 44.2 Å². The van der Waals surface area contributed by atoms with Crippen LogP contribution in [0, 0.1) is 0 Å². The summed E-state index contributed by atoms with van der Waals surface area (Å²) >= 11 is 18.2. The minimum absolute atomic E-state index is 0.152. The molecule has 1 fully saturated rings. The highest BCUT2D eigenvalue weighted by molar-refractivity contribution is 6.42. The molecule has 1 N–H and O–H groups in total. The zero-order valence-corrected chi connectivity index (χ0v) is 17.9. The lowest BCUT2D eigenvalue weighted by molar-refractivity contribution is -0.117. The maximum absolute atomic E-state index is 12.4. The minimum Gasteiger partial charge on any atom is -0.454 e.